The van der Waals surface area contributed by atoms with Crippen LogP contribution in [0.1, 0.15) is 28.4 Å². The third kappa shape index (κ3) is 4.95. The van der Waals surface area contributed by atoms with Crippen molar-refractivity contribution in [1.29, 1.82) is 0 Å². The summed E-state index contributed by atoms with van der Waals surface area (Å²) in [6.45, 7) is 1.83. The summed E-state index contributed by atoms with van der Waals surface area (Å²) in [5, 5.41) is 9.58. The Bertz CT molecular complexity index is 938. The van der Waals surface area contributed by atoms with Crippen LogP contribution in [0.2, 0.25) is 0 Å². The summed E-state index contributed by atoms with van der Waals surface area (Å²) in [4.78, 5) is 25.8. The molecule has 7 heteroatoms. The normalized spacial score (nSPS) is 12.4. The molecule has 0 aliphatic rings. The molecule has 0 spiro atoms. The Hall–Kier alpha value is -2.67. The predicted octanol–water partition coefficient (Wildman–Crippen LogP) is 2.42. The highest BCUT2D eigenvalue weighted by atomic mass is 32.2. The Morgan fingerprint density at radius 1 is 1.11 bits per heavy atom. The van der Waals surface area contributed by atoms with Crippen LogP contribution in [0.5, 0.6) is 0 Å². The molecular weight excluding hydrogens is 366 g/mol. The molecule has 27 heavy (non-hydrogen) atoms. The van der Waals surface area contributed by atoms with E-state index in [0.29, 0.717) is 12.0 Å². The average Bonchev–Trinajstić information content (AvgIpc) is 2.64. The lowest BCUT2D eigenvalue weighted by molar-refractivity contribution is -0.141. The van der Waals surface area contributed by atoms with Crippen LogP contribution in [-0.2, 0) is 27.5 Å². The van der Waals surface area contributed by atoms with Gasteiger partial charge in [0.15, 0.2) is 9.84 Å². The van der Waals surface area contributed by atoms with Crippen LogP contribution < -0.4 is 0 Å². The minimum Gasteiger partial charge on any atom is -0.480 e. The van der Waals surface area contributed by atoms with E-state index >= 15 is 0 Å². The molecule has 6 nitrogen and oxygen atoms in total. The molecule has 2 rings (SSSR count). The highest BCUT2D eigenvalue weighted by Gasteiger charge is 2.28. The van der Waals surface area contributed by atoms with Gasteiger partial charge in [-0.25, -0.2) is 13.2 Å². The van der Waals surface area contributed by atoms with Crippen LogP contribution in [0.3, 0.4) is 0 Å². The number of sulfone groups is 1. The number of hydrogen-bond acceptors (Lipinski definition) is 4. The zero-order valence-corrected chi connectivity index (χ0v) is 16.4. The minimum atomic E-state index is -3.50. The fraction of sp³-hybridized carbons (Fsp3) is 0.300. The quantitative estimate of drug-likeness (QED) is 0.785. The molecule has 0 radical (unpaired) electrons. The number of amides is 1. The lowest BCUT2D eigenvalue weighted by Crippen LogP contribution is -2.43. The third-order valence-corrected chi connectivity index (χ3v) is 5.62. The van der Waals surface area contributed by atoms with Gasteiger partial charge in [-0.05, 0) is 29.7 Å². The van der Waals surface area contributed by atoms with E-state index < -0.39 is 27.8 Å². The van der Waals surface area contributed by atoms with Gasteiger partial charge in [0.1, 0.15) is 6.04 Å². The molecule has 0 aromatic heterocycles. The highest BCUT2D eigenvalue weighted by molar-refractivity contribution is 7.90. The van der Waals surface area contributed by atoms with Gasteiger partial charge in [-0.15, -0.1) is 0 Å². The SMILES string of the molecule is CCc1ccc(C(=O)N(C)C(Cc2ccccc2)C(=O)O)cc1S(C)(=O)=O. The fourth-order valence-electron chi connectivity index (χ4n) is 2.90. The molecule has 2 aromatic rings. The molecule has 0 heterocycles. The first kappa shape index (κ1) is 20.6. The van der Waals surface area contributed by atoms with Crippen LogP contribution >= 0.6 is 0 Å². The van der Waals surface area contributed by atoms with Crippen molar-refractivity contribution in [2.24, 2.45) is 0 Å². The molecule has 0 aliphatic heterocycles. The van der Waals surface area contributed by atoms with Gasteiger partial charge in [0.25, 0.3) is 5.91 Å². The van der Waals surface area contributed by atoms with E-state index in [9.17, 15) is 23.1 Å². The zero-order chi connectivity index (χ0) is 20.2. The van der Waals surface area contributed by atoms with Crippen molar-refractivity contribution in [2.45, 2.75) is 30.7 Å². The summed E-state index contributed by atoms with van der Waals surface area (Å²) in [7, 11) is -2.08. The van der Waals surface area contributed by atoms with Crippen LogP contribution in [0, 0.1) is 0 Å². The number of carbonyl (C=O) groups is 2. The Balaban J connectivity index is 2.35. The van der Waals surface area contributed by atoms with Gasteiger partial charge < -0.3 is 10.0 Å². The fourth-order valence-corrected chi connectivity index (χ4v) is 3.93. The van der Waals surface area contributed by atoms with Gasteiger partial charge in [-0.1, -0.05) is 43.3 Å². The molecule has 0 fully saturated rings. The Labute approximate surface area is 159 Å². The monoisotopic (exact) mass is 389 g/mol. The van der Waals surface area contributed by atoms with Gasteiger partial charge in [0.2, 0.25) is 0 Å². The van der Waals surface area contributed by atoms with Crippen molar-refractivity contribution < 1.29 is 23.1 Å². The molecule has 1 atom stereocenters. The van der Waals surface area contributed by atoms with E-state index in [4.69, 9.17) is 0 Å². The first-order chi connectivity index (χ1) is 12.6. The maximum absolute atomic E-state index is 12.8. The smallest absolute Gasteiger partial charge is 0.326 e. The number of hydrogen-bond donors (Lipinski definition) is 1. The minimum absolute atomic E-state index is 0.0965. The zero-order valence-electron chi connectivity index (χ0n) is 15.5. The molecule has 2 aromatic carbocycles. The van der Waals surface area contributed by atoms with E-state index in [1.165, 1.54) is 19.2 Å². The summed E-state index contributed by atoms with van der Waals surface area (Å²) < 4.78 is 24.0. The summed E-state index contributed by atoms with van der Waals surface area (Å²) in [6, 6.07) is 12.4. The highest BCUT2D eigenvalue weighted by Crippen LogP contribution is 2.20. The van der Waals surface area contributed by atoms with Gasteiger partial charge in [-0.3, -0.25) is 4.79 Å². The number of aliphatic carboxylic acids is 1. The number of benzene rings is 2. The number of carbonyl (C=O) groups excluding carboxylic acids is 1. The van der Waals surface area contributed by atoms with Crippen molar-refractivity contribution in [2.75, 3.05) is 13.3 Å². The number of nitrogens with zero attached hydrogens (tertiary/aromatic N) is 1. The summed E-state index contributed by atoms with van der Waals surface area (Å²) in [5.74, 6) is -1.66. The Kier molecular flexibility index (Phi) is 6.38. The molecule has 1 unspecified atom stereocenters. The first-order valence-electron chi connectivity index (χ1n) is 8.52. The van der Waals surface area contributed by atoms with E-state index in [0.717, 1.165) is 16.7 Å². The van der Waals surface area contributed by atoms with Crippen molar-refractivity contribution in [3.63, 3.8) is 0 Å². The van der Waals surface area contributed by atoms with Crippen LogP contribution in [-0.4, -0.2) is 49.6 Å². The lowest BCUT2D eigenvalue weighted by Gasteiger charge is -2.25. The second kappa shape index (κ2) is 8.35. The van der Waals surface area contributed by atoms with Crippen molar-refractivity contribution in [3.05, 3.63) is 65.2 Å². The van der Waals surface area contributed by atoms with Crippen molar-refractivity contribution >= 4 is 21.7 Å². The molecule has 0 saturated heterocycles. The van der Waals surface area contributed by atoms with E-state index in [-0.39, 0.29) is 16.9 Å². The van der Waals surface area contributed by atoms with Gasteiger partial charge in [-0.2, -0.15) is 0 Å². The van der Waals surface area contributed by atoms with Crippen LogP contribution in [0.4, 0.5) is 0 Å². The van der Waals surface area contributed by atoms with Gasteiger partial charge >= 0.3 is 5.97 Å². The number of rotatable bonds is 7. The second-order valence-corrected chi connectivity index (χ2v) is 8.39. The molecule has 1 N–H and O–H groups in total. The Morgan fingerprint density at radius 2 is 1.74 bits per heavy atom. The maximum Gasteiger partial charge on any atom is 0.326 e. The Morgan fingerprint density at radius 3 is 2.26 bits per heavy atom. The van der Waals surface area contributed by atoms with Crippen molar-refractivity contribution in [3.8, 4) is 0 Å². The number of carboxylic acid groups (broad SMARTS) is 1. The molecule has 144 valence electrons. The third-order valence-electron chi connectivity index (χ3n) is 4.44. The second-order valence-electron chi connectivity index (χ2n) is 6.41. The lowest BCUT2D eigenvalue weighted by atomic mass is 10.0. The van der Waals surface area contributed by atoms with Gasteiger partial charge in [0, 0.05) is 25.3 Å². The number of likely N-dealkylation sites (N-methyl/N-ethyl adjacent to an activating group) is 1. The summed E-state index contributed by atoms with van der Waals surface area (Å²) in [6.07, 6.45) is 1.76. The predicted molar refractivity (Wildman–Crippen MR) is 103 cm³/mol. The first-order valence-corrected chi connectivity index (χ1v) is 10.4. The number of aryl methyl sites for hydroxylation is 1. The maximum atomic E-state index is 12.8. The summed E-state index contributed by atoms with van der Waals surface area (Å²) in [5.41, 5.74) is 1.56. The molecule has 0 saturated carbocycles. The molecule has 1 amide bonds. The average molecular weight is 389 g/mol. The largest absolute Gasteiger partial charge is 0.480 e. The topological polar surface area (TPSA) is 91.8 Å². The summed E-state index contributed by atoms with van der Waals surface area (Å²) >= 11 is 0. The van der Waals surface area contributed by atoms with Gasteiger partial charge in [0.05, 0.1) is 4.90 Å². The van der Waals surface area contributed by atoms with Crippen molar-refractivity contribution in [1.82, 2.24) is 4.90 Å². The van der Waals surface area contributed by atoms with Crippen LogP contribution in [0.25, 0.3) is 0 Å². The molecule has 0 bridgehead atoms. The molecule has 0 aliphatic carbocycles. The standard InChI is InChI=1S/C20H23NO5S/c1-4-15-10-11-16(13-18(15)27(3,25)26)19(22)21(2)17(20(23)24)12-14-8-6-5-7-9-14/h5-11,13,17H,4,12H2,1-3H3,(H,23,24). The van der Waals surface area contributed by atoms with E-state index in [1.54, 1.807) is 30.3 Å². The van der Waals surface area contributed by atoms with E-state index in [2.05, 4.69) is 0 Å². The molecular formula is C20H23NO5S. The van der Waals surface area contributed by atoms with E-state index in [1.807, 2.05) is 13.0 Å². The number of carboxylic acids is 1. The van der Waals surface area contributed by atoms with Crippen LogP contribution in [0.15, 0.2) is 53.4 Å².